The van der Waals surface area contributed by atoms with Crippen molar-refractivity contribution in [1.29, 1.82) is 0 Å². The van der Waals surface area contributed by atoms with Crippen molar-refractivity contribution >= 4 is 23.4 Å². The van der Waals surface area contributed by atoms with E-state index in [-0.39, 0.29) is 5.82 Å². The van der Waals surface area contributed by atoms with Gasteiger partial charge in [0.1, 0.15) is 5.82 Å². The van der Waals surface area contributed by atoms with Gasteiger partial charge in [-0.1, -0.05) is 41.6 Å². The lowest BCUT2D eigenvalue weighted by atomic mass is 10.2. The first-order valence-corrected chi connectivity index (χ1v) is 6.75. The highest BCUT2D eigenvalue weighted by Crippen LogP contribution is 2.33. The summed E-state index contributed by atoms with van der Waals surface area (Å²) in [4.78, 5) is 1.58. The molecule has 2 aromatic carbocycles. The Morgan fingerprint density at radius 1 is 1.17 bits per heavy atom. The van der Waals surface area contributed by atoms with Crippen molar-refractivity contribution in [3.8, 4) is 0 Å². The number of rotatable bonds is 4. The van der Waals surface area contributed by atoms with Crippen LogP contribution in [0.25, 0.3) is 0 Å². The Morgan fingerprint density at radius 2 is 1.94 bits per heavy atom. The summed E-state index contributed by atoms with van der Waals surface area (Å²) in [6, 6.07) is 12.4. The maximum atomic E-state index is 13.6. The largest absolute Gasteiger partial charge is 0.316 e. The fourth-order valence-electron chi connectivity index (χ4n) is 1.61. The van der Waals surface area contributed by atoms with E-state index in [2.05, 4.69) is 5.32 Å². The molecular weight excluding hydrogens is 269 g/mol. The van der Waals surface area contributed by atoms with Crippen molar-refractivity contribution in [2.75, 3.05) is 7.05 Å². The minimum Gasteiger partial charge on any atom is -0.316 e. The summed E-state index contributed by atoms with van der Waals surface area (Å²) in [6.07, 6.45) is 0. The molecule has 0 aliphatic rings. The second-order valence-electron chi connectivity index (χ2n) is 3.81. The molecule has 0 amide bonds. The maximum absolute atomic E-state index is 13.6. The van der Waals surface area contributed by atoms with Crippen molar-refractivity contribution in [1.82, 2.24) is 5.32 Å². The van der Waals surface area contributed by atoms with Crippen LogP contribution >= 0.6 is 23.4 Å². The van der Waals surface area contributed by atoms with E-state index in [1.807, 2.05) is 31.3 Å². The van der Waals surface area contributed by atoms with Crippen molar-refractivity contribution in [3.05, 3.63) is 58.9 Å². The number of benzene rings is 2. The SMILES string of the molecule is CNCc1ccc(Cl)cc1Sc1ccccc1F. The molecule has 0 saturated carbocycles. The summed E-state index contributed by atoms with van der Waals surface area (Å²) in [7, 11) is 1.88. The number of hydrogen-bond donors (Lipinski definition) is 1. The Bertz CT molecular complexity index is 545. The summed E-state index contributed by atoms with van der Waals surface area (Å²) >= 11 is 7.39. The lowest BCUT2D eigenvalue weighted by molar-refractivity contribution is 0.602. The first-order valence-electron chi connectivity index (χ1n) is 5.56. The third-order valence-electron chi connectivity index (χ3n) is 2.45. The smallest absolute Gasteiger partial charge is 0.137 e. The molecule has 0 unspecified atom stereocenters. The summed E-state index contributed by atoms with van der Waals surface area (Å²) in [6.45, 7) is 0.730. The van der Waals surface area contributed by atoms with Gasteiger partial charge < -0.3 is 5.32 Å². The predicted octanol–water partition coefficient (Wildman–Crippen LogP) is 4.35. The van der Waals surface area contributed by atoms with Gasteiger partial charge in [0.25, 0.3) is 0 Å². The monoisotopic (exact) mass is 281 g/mol. The van der Waals surface area contributed by atoms with Gasteiger partial charge >= 0.3 is 0 Å². The average molecular weight is 282 g/mol. The molecule has 0 heterocycles. The second-order valence-corrected chi connectivity index (χ2v) is 5.34. The Hall–Kier alpha value is -1.03. The zero-order valence-electron chi connectivity index (χ0n) is 9.91. The van der Waals surface area contributed by atoms with Gasteiger partial charge in [-0.2, -0.15) is 0 Å². The summed E-state index contributed by atoms with van der Waals surface area (Å²) in [5, 5.41) is 3.75. The fraction of sp³-hybridized carbons (Fsp3) is 0.143. The van der Waals surface area contributed by atoms with Crippen LogP contribution in [0.4, 0.5) is 4.39 Å². The van der Waals surface area contributed by atoms with Gasteiger partial charge in [-0.3, -0.25) is 0 Å². The zero-order valence-corrected chi connectivity index (χ0v) is 11.5. The Balaban J connectivity index is 2.33. The van der Waals surface area contributed by atoms with Gasteiger partial charge in [0.15, 0.2) is 0 Å². The van der Waals surface area contributed by atoms with Crippen LogP contribution in [0.2, 0.25) is 5.02 Å². The van der Waals surface area contributed by atoms with E-state index < -0.39 is 0 Å². The van der Waals surface area contributed by atoms with Crippen molar-refractivity contribution in [3.63, 3.8) is 0 Å². The summed E-state index contributed by atoms with van der Waals surface area (Å²) < 4.78 is 13.6. The molecule has 18 heavy (non-hydrogen) atoms. The molecule has 0 spiro atoms. The molecule has 0 atom stereocenters. The topological polar surface area (TPSA) is 12.0 Å². The zero-order chi connectivity index (χ0) is 13.0. The van der Waals surface area contributed by atoms with Crippen LogP contribution in [0.5, 0.6) is 0 Å². The number of nitrogens with one attached hydrogen (secondary N) is 1. The van der Waals surface area contributed by atoms with E-state index in [0.717, 1.165) is 17.0 Å². The highest BCUT2D eigenvalue weighted by atomic mass is 35.5. The third-order valence-corrected chi connectivity index (χ3v) is 3.84. The molecule has 0 aliphatic heterocycles. The van der Waals surface area contributed by atoms with Crippen LogP contribution in [0.3, 0.4) is 0 Å². The Kier molecular flexibility index (Phi) is 4.64. The maximum Gasteiger partial charge on any atom is 0.137 e. The van der Waals surface area contributed by atoms with E-state index in [0.29, 0.717) is 9.92 Å². The van der Waals surface area contributed by atoms with E-state index in [9.17, 15) is 4.39 Å². The molecule has 1 N–H and O–H groups in total. The third kappa shape index (κ3) is 3.25. The van der Waals surface area contributed by atoms with Gasteiger partial charge in [0.05, 0.1) is 0 Å². The van der Waals surface area contributed by atoms with Gasteiger partial charge in [0.2, 0.25) is 0 Å². The van der Waals surface area contributed by atoms with Crippen molar-refractivity contribution < 1.29 is 4.39 Å². The lowest BCUT2D eigenvalue weighted by Crippen LogP contribution is -2.06. The highest BCUT2D eigenvalue weighted by Gasteiger charge is 2.08. The average Bonchev–Trinajstić information content (AvgIpc) is 2.36. The molecule has 2 aromatic rings. The van der Waals surface area contributed by atoms with E-state index in [1.165, 1.54) is 17.8 Å². The van der Waals surface area contributed by atoms with Crippen LogP contribution < -0.4 is 5.32 Å². The van der Waals surface area contributed by atoms with E-state index in [1.54, 1.807) is 12.1 Å². The number of hydrogen-bond acceptors (Lipinski definition) is 2. The van der Waals surface area contributed by atoms with Gasteiger partial charge in [0, 0.05) is 21.4 Å². The highest BCUT2D eigenvalue weighted by molar-refractivity contribution is 7.99. The molecule has 0 fully saturated rings. The standard InChI is InChI=1S/C14H13ClFNS/c1-17-9-10-6-7-11(15)8-14(10)18-13-5-3-2-4-12(13)16/h2-8,17H,9H2,1H3. The molecule has 4 heteroatoms. The minimum atomic E-state index is -0.210. The molecule has 1 nitrogen and oxygen atoms in total. The Labute approximate surface area is 115 Å². The van der Waals surface area contributed by atoms with Crippen LogP contribution in [0.1, 0.15) is 5.56 Å². The molecule has 0 saturated heterocycles. The quantitative estimate of drug-likeness (QED) is 0.894. The van der Waals surface area contributed by atoms with Gasteiger partial charge in [-0.25, -0.2) is 4.39 Å². The lowest BCUT2D eigenvalue weighted by Gasteiger charge is -2.10. The Morgan fingerprint density at radius 3 is 2.67 bits per heavy atom. The van der Waals surface area contributed by atoms with Gasteiger partial charge in [-0.05, 0) is 36.9 Å². The van der Waals surface area contributed by atoms with Crippen molar-refractivity contribution in [2.45, 2.75) is 16.3 Å². The fourth-order valence-corrected chi connectivity index (χ4v) is 2.85. The summed E-state index contributed by atoms with van der Waals surface area (Å²) in [5.74, 6) is -0.210. The second kappa shape index (κ2) is 6.23. The predicted molar refractivity (Wildman–Crippen MR) is 74.7 cm³/mol. The molecule has 0 radical (unpaired) electrons. The van der Waals surface area contributed by atoms with Crippen LogP contribution in [0.15, 0.2) is 52.3 Å². The molecule has 0 aromatic heterocycles. The first kappa shape index (κ1) is 13.4. The van der Waals surface area contributed by atoms with E-state index in [4.69, 9.17) is 11.6 Å². The molecule has 2 rings (SSSR count). The van der Waals surface area contributed by atoms with E-state index >= 15 is 0 Å². The summed E-state index contributed by atoms with van der Waals surface area (Å²) in [5.41, 5.74) is 1.11. The normalized spacial score (nSPS) is 10.6. The minimum absolute atomic E-state index is 0.210. The first-order chi connectivity index (χ1) is 8.70. The molecule has 0 aliphatic carbocycles. The molecular formula is C14H13ClFNS. The van der Waals surface area contributed by atoms with Crippen molar-refractivity contribution in [2.24, 2.45) is 0 Å². The van der Waals surface area contributed by atoms with Crippen LogP contribution in [-0.4, -0.2) is 7.05 Å². The molecule has 0 bridgehead atoms. The molecule has 94 valence electrons. The van der Waals surface area contributed by atoms with Gasteiger partial charge in [-0.15, -0.1) is 0 Å². The van der Waals surface area contributed by atoms with Crippen LogP contribution in [-0.2, 0) is 6.54 Å². The number of halogens is 2. The van der Waals surface area contributed by atoms with Crippen LogP contribution in [0, 0.1) is 5.82 Å².